The number of hydrogen-bond donors (Lipinski definition) is 1. The maximum absolute atomic E-state index is 10.3. The third kappa shape index (κ3) is 1.25. The van der Waals surface area contributed by atoms with Gasteiger partial charge in [0.25, 0.3) is 5.91 Å². The fraction of sp³-hybridized carbons (Fsp3) is 0.250. The highest BCUT2D eigenvalue weighted by atomic mass is 16.2. The van der Waals surface area contributed by atoms with E-state index >= 15 is 0 Å². The molecule has 1 rings (SSSR count). The first-order chi connectivity index (χ1) is 4.18. The topological polar surface area (TPSA) is 77.3 Å². The summed E-state index contributed by atoms with van der Waals surface area (Å²) in [6.07, 6.45) is -0.314. The molecule has 5 nitrogen and oxygen atoms in total. The maximum atomic E-state index is 10.3. The molecule has 0 atom stereocenters. The molecule has 0 bridgehead atoms. The first kappa shape index (κ1) is 5.74. The molecular weight excluding hydrogens is 124 g/mol. The van der Waals surface area contributed by atoms with Crippen molar-refractivity contribution in [2.75, 3.05) is 0 Å². The SMILES string of the molecule is O=C1CC(=O)NC(=O)[N]1. The average molecular weight is 127 g/mol. The van der Waals surface area contributed by atoms with Crippen molar-refractivity contribution in [2.24, 2.45) is 0 Å². The maximum Gasteiger partial charge on any atom is 0.350 e. The molecule has 1 heterocycles. The van der Waals surface area contributed by atoms with E-state index in [9.17, 15) is 14.4 Å². The van der Waals surface area contributed by atoms with Crippen LogP contribution in [0.1, 0.15) is 6.42 Å². The van der Waals surface area contributed by atoms with Crippen LogP contribution in [0.3, 0.4) is 0 Å². The molecule has 0 aliphatic carbocycles. The van der Waals surface area contributed by atoms with Gasteiger partial charge in [-0.05, 0) is 0 Å². The Hall–Kier alpha value is -1.39. The van der Waals surface area contributed by atoms with Gasteiger partial charge in [-0.2, -0.15) is 5.32 Å². The number of hydrogen-bond acceptors (Lipinski definition) is 3. The van der Waals surface area contributed by atoms with E-state index < -0.39 is 17.8 Å². The first-order valence-corrected chi connectivity index (χ1v) is 2.27. The Morgan fingerprint density at radius 3 is 2.44 bits per heavy atom. The Kier molecular flexibility index (Phi) is 1.18. The third-order valence-electron chi connectivity index (χ3n) is 0.784. The van der Waals surface area contributed by atoms with Gasteiger partial charge in [-0.25, -0.2) is 4.79 Å². The predicted molar refractivity (Wildman–Crippen MR) is 25.3 cm³/mol. The van der Waals surface area contributed by atoms with Crippen LogP contribution in [0.5, 0.6) is 0 Å². The van der Waals surface area contributed by atoms with Gasteiger partial charge in [-0.3, -0.25) is 14.9 Å². The van der Waals surface area contributed by atoms with Crippen LogP contribution in [-0.2, 0) is 9.59 Å². The normalized spacial score (nSPS) is 18.9. The Balaban J connectivity index is 2.64. The van der Waals surface area contributed by atoms with Crippen LogP contribution >= 0.6 is 0 Å². The van der Waals surface area contributed by atoms with Crippen LogP contribution in [0.2, 0.25) is 0 Å². The highest BCUT2D eigenvalue weighted by Gasteiger charge is 2.22. The van der Waals surface area contributed by atoms with E-state index in [1.165, 1.54) is 0 Å². The molecule has 0 aromatic rings. The Labute approximate surface area is 50.4 Å². The number of amides is 4. The second-order valence-electron chi connectivity index (χ2n) is 1.54. The molecule has 0 aromatic carbocycles. The van der Waals surface area contributed by atoms with E-state index in [1.807, 2.05) is 5.32 Å². The Morgan fingerprint density at radius 1 is 1.33 bits per heavy atom. The molecule has 1 N–H and O–H groups in total. The predicted octanol–water partition coefficient (Wildman–Crippen LogP) is -1.24. The molecule has 0 saturated carbocycles. The molecule has 0 unspecified atom stereocenters. The smallest absolute Gasteiger partial charge is 0.276 e. The van der Waals surface area contributed by atoms with E-state index in [-0.39, 0.29) is 6.42 Å². The van der Waals surface area contributed by atoms with Crippen LogP contribution < -0.4 is 10.6 Å². The standard InChI is InChI=1S/C4H3N2O3/c7-2-1-3(8)6-4(9)5-2/h1H2,(H,5,7,9). The minimum Gasteiger partial charge on any atom is -0.276 e. The number of barbiturate groups is 1. The highest BCUT2D eigenvalue weighted by molar-refractivity contribution is 6.13. The van der Waals surface area contributed by atoms with Crippen LogP contribution in [0.25, 0.3) is 0 Å². The number of nitrogens with one attached hydrogen (secondary N) is 1. The van der Waals surface area contributed by atoms with Crippen LogP contribution in [-0.4, -0.2) is 17.8 Å². The summed E-state index contributed by atoms with van der Waals surface area (Å²) in [5.41, 5.74) is 0. The van der Waals surface area contributed by atoms with E-state index in [4.69, 9.17) is 0 Å². The van der Waals surface area contributed by atoms with E-state index in [1.54, 1.807) is 0 Å². The van der Waals surface area contributed by atoms with Gasteiger partial charge in [-0.1, -0.05) is 0 Å². The molecule has 1 saturated heterocycles. The van der Waals surface area contributed by atoms with E-state index in [2.05, 4.69) is 5.32 Å². The summed E-state index contributed by atoms with van der Waals surface area (Å²) in [4.78, 5) is 30.7. The number of nitrogens with zero attached hydrogens (tertiary/aromatic N) is 1. The van der Waals surface area contributed by atoms with Gasteiger partial charge < -0.3 is 0 Å². The van der Waals surface area contributed by atoms with E-state index in [0.29, 0.717) is 0 Å². The van der Waals surface area contributed by atoms with E-state index in [0.717, 1.165) is 0 Å². The summed E-state index contributed by atoms with van der Waals surface area (Å²) >= 11 is 0. The van der Waals surface area contributed by atoms with Crippen LogP contribution in [0.15, 0.2) is 0 Å². The number of carbonyl (C=O) groups is 3. The van der Waals surface area contributed by atoms with Crippen molar-refractivity contribution in [3.05, 3.63) is 0 Å². The van der Waals surface area contributed by atoms with Gasteiger partial charge >= 0.3 is 6.03 Å². The van der Waals surface area contributed by atoms with Gasteiger partial charge in [0.2, 0.25) is 5.91 Å². The lowest BCUT2D eigenvalue weighted by Crippen LogP contribution is -2.45. The lowest BCUT2D eigenvalue weighted by molar-refractivity contribution is -0.129. The molecule has 1 fully saturated rings. The zero-order valence-corrected chi connectivity index (χ0v) is 4.38. The summed E-state index contributed by atoms with van der Waals surface area (Å²) in [5.74, 6) is -1.26. The van der Waals surface area contributed by atoms with Crippen molar-refractivity contribution in [3.63, 3.8) is 0 Å². The van der Waals surface area contributed by atoms with Crippen molar-refractivity contribution in [2.45, 2.75) is 6.42 Å². The lowest BCUT2D eigenvalue weighted by atomic mass is 10.3. The second-order valence-corrected chi connectivity index (χ2v) is 1.54. The minimum atomic E-state index is -0.865. The summed E-state index contributed by atoms with van der Waals surface area (Å²) < 4.78 is 0. The van der Waals surface area contributed by atoms with Crippen molar-refractivity contribution >= 4 is 17.8 Å². The summed E-state index contributed by atoms with van der Waals surface area (Å²) in [5, 5.41) is 4.77. The monoisotopic (exact) mass is 127 g/mol. The van der Waals surface area contributed by atoms with Crippen molar-refractivity contribution in [1.82, 2.24) is 10.6 Å². The molecule has 9 heavy (non-hydrogen) atoms. The van der Waals surface area contributed by atoms with Crippen molar-refractivity contribution in [3.8, 4) is 0 Å². The van der Waals surface area contributed by atoms with Crippen molar-refractivity contribution < 1.29 is 14.4 Å². The zero-order chi connectivity index (χ0) is 6.85. The molecule has 47 valence electrons. The fourth-order valence-electron chi connectivity index (χ4n) is 0.482. The third-order valence-corrected chi connectivity index (χ3v) is 0.784. The Bertz CT molecular complexity index is 141. The quantitative estimate of drug-likeness (QED) is 0.413. The largest absolute Gasteiger partial charge is 0.350 e. The van der Waals surface area contributed by atoms with Crippen LogP contribution in [0, 0.1) is 0 Å². The van der Waals surface area contributed by atoms with Gasteiger partial charge in [0.15, 0.2) is 0 Å². The molecule has 5 heteroatoms. The van der Waals surface area contributed by atoms with Gasteiger partial charge in [0.05, 0.1) is 0 Å². The number of imide groups is 2. The number of rotatable bonds is 0. The molecule has 1 radical (unpaired) electrons. The molecule has 0 aromatic heterocycles. The van der Waals surface area contributed by atoms with Crippen molar-refractivity contribution in [1.29, 1.82) is 0 Å². The van der Waals surface area contributed by atoms with Crippen LogP contribution in [0.4, 0.5) is 4.79 Å². The highest BCUT2D eigenvalue weighted by Crippen LogP contribution is 1.88. The summed E-state index contributed by atoms with van der Waals surface area (Å²) in [7, 11) is 0. The summed E-state index contributed by atoms with van der Waals surface area (Å²) in [6.45, 7) is 0. The zero-order valence-electron chi connectivity index (χ0n) is 4.38. The Morgan fingerprint density at radius 2 is 2.00 bits per heavy atom. The average Bonchev–Trinajstić information content (AvgIpc) is 1.59. The van der Waals surface area contributed by atoms with Gasteiger partial charge in [0, 0.05) is 0 Å². The van der Waals surface area contributed by atoms with Gasteiger partial charge in [0.1, 0.15) is 6.42 Å². The number of urea groups is 1. The van der Waals surface area contributed by atoms with Gasteiger partial charge in [-0.15, -0.1) is 0 Å². The second kappa shape index (κ2) is 1.85. The molecule has 1 aliphatic heterocycles. The molecule has 4 amide bonds. The molecule has 1 aliphatic rings. The fourth-order valence-corrected chi connectivity index (χ4v) is 0.482. The summed E-state index contributed by atoms with van der Waals surface area (Å²) in [6, 6.07) is -0.865. The lowest BCUT2D eigenvalue weighted by Gasteiger charge is -2.06. The number of carbonyl (C=O) groups excluding carboxylic acids is 3. The first-order valence-electron chi connectivity index (χ1n) is 2.27. The minimum absolute atomic E-state index is 0.314. The molecular formula is C4H3N2O3. The molecule has 0 spiro atoms.